The maximum atomic E-state index is 13.5. The summed E-state index contributed by atoms with van der Waals surface area (Å²) in [6.45, 7) is 5.30. The number of anilines is 2. The zero-order valence-corrected chi connectivity index (χ0v) is 18.4. The summed E-state index contributed by atoms with van der Waals surface area (Å²) in [5, 5.41) is 11.9. The molecule has 2 heterocycles. The standard InChI is InChI=1S/C24H29N5O2/c1-17-11-12-18(2)21(14-17)29(24(30)25-19-8-7-9-20(15-19)31-3)16-23-27-26-22-10-5-4-6-13-28(22)23/h7-9,11-12,14-15H,4-6,10,13,16H2,1-3H3,(H,25,30). The molecule has 2 aromatic carbocycles. The van der Waals surface area contributed by atoms with Gasteiger partial charge < -0.3 is 14.6 Å². The van der Waals surface area contributed by atoms with E-state index >= 15 is 0 Å². The van der Waals surface area contributed by atoms with Crippen LogP contribution in [0.15, 0.2) is 42.5 Å². The molecule has 1 aromatic heterocycles. The van der Waals surface area contributed by atoms with Crippen LogP contribution < -0.4 is 15.0 Å². The van der Waals surface area contributed by atoms with Crippen molar-refractivity contribution < 1.29 is 9.53 Å². The van der Waals surface area contributed by atoms with Gasteiger partial charge in [0.25, 0.3) is 0 Å². The molecule has 0 bridgehead atoms. The average molecular weight is 420 g/mol. The smallest absolute Gasteiger partial charge is 0.326 e. The van der Waals surface area contributed by atoms with E-state index in [1.807, 2.05) is 50.2 Å². The van der Waals surface area contributed by atoms with E-state index in [9.17, 15) is 4.79 Å². The Bertz CT molecular complexity index is 1080. The number of methoxy groups -OCH3 is 1. The number of benzene rings is 2. The van der Waals surface area contributed by atoms with Gasteiger partial charge in [0.15, 0.2) is 5.82 Å². The third kappa shape index (κ3) is 4.71. The molecule has 3 aromatic rings. The van der Waals surface area contributed by atoms with E-state index in [-0.39, 0.29) is 6.03 Å². The van der Waals surface area contributed by atoms with Crippen molar-refractivity contribution in [1.82, 2.24) is 14.8 Å². The summed E-state index contributed by atoms with van der Waals surface area (Å²) in [7, 11) is 1.61. The van der Waals surface area contributed by atoms with Crippen LogP contribution in [0.1, 0.15) is 42.0 Å². The minimum absolute atomic E-state index is 0.215. The highest BCUT2D eigenvalue weighted by atomic mass is 16.5. The van der Waals surface area contributed by atoms with E-state index in [0.29, 0.717) is 18.0 Å². The van der Waals surface area contributed by atoms with Gasteiger partial charge >= 0.3 is 6.03 Å². The van der Waals surface area contributed by atoms with Crippen molar-refractivity contribution in [3.05, 3.63) is 65.2 Å². The fourth-order valence-corrected chi connectivity index (χ4v) is 3.97. The molecule has 4 rings (SSSR count). The Morgan fingerprint density at radius 2 is 2.00 bits per heavy atom. The van der Waals surface area contributed by atoms with Crippen LogP contribution in [-0.4, -0.2) is 27.9 Å². The molecule has 0 unspecified atom stereocenters. The first kappa shape index (κ1) is 20.9. The highest BCUT2D eigenvalue weighted by Gasteiger charge is 2.23. The van der Waals surface area contributed by atoms with Gasteiger partial charge in [0.05, 0.1) is 13.7 Å². The molecule has 1 aliphatic rings. The van der Waals surface area contributed by atoms with Crippen molar-refractivity contribution in [2.45, 2.75) is 52.6 Å². The second-order valence-electron chi connectivity index (χ2n) is 8.03. The van der Waals surface area contributed by atoms with Gasteiger partial charge in [0.2, 0.25) is 0 Å². The minimum atomic E-state index is -0.215. The van der Waals surface area contributed by atoms with Crippen molar-refractivity contribution in [2.75, 3.05) is 17.3 Å². The number of rotatable bonds is 5. The molecule has 0 atom stereocenters. The third-order valence-corrected chi connectivity index (χ3v) is 5.71. The van der Waals surface area contributed by atoms with Gasteiger partial charge in [0, 0.05) is 30.4 Å². The molecule has 7 nitrogen and oxygen atoms in total. The van der Waals surface area contributed by atoms with E-state index in [1.165, 1.54) is 6.42 Å². The van der Waals surface area contributed by atoms with Crippen molar-refractivity contribution in [1.29, 1.82) is 0 Å². The van der Waals surface area contributed by atoms with Gasteiger partial charge in [0.1, 0.15) is 11.6 Å². The van der Waals surface area contributed by atoms with Crippen LogP contribution in [0.3, 0.4) is 0 Å². The van der Waals surface area contributed by atoms with E-state index in [4.69, 9.17) is 4.74 Å². The summed E-state index contributed by atoms with van der Waals surface area (Å²) in [5.74, 6) is 2.53. The van der Waals surface area contributed by atoms with Crippen molar-refractivity contribution in [3.63, 3.8) is 0 Å². The van der Waals surface area contributed by atoms with Gasteiger partial charge in [-0.15, -0.1) is 10.2 Å². The van der Waals surface area contributed by atoms with Gasteiger partial charge in [-0.3, -0.25) is 4.90 Å². The molecule has 0 saturated carbocycles. The quantitative estimate of drug-likeness (QED) is 0.640. The Labute approximate surface area is 183 Å². The summed E-state index contributed by atoms with van der Waals surface area (Å²) in [6.07, 6.45) is 4.37. The zero-order valence-electron chi connectivity index (χ0n) is 18.4. The molecular formula is C24H29N5O2. The second-order valence-corrected chi connectivity index (χ2v) is 8.03. The summed E-state index contributed by atoms with van der Waals surface area (Å²) in [4.78, 5) is 15.2. The molecule has 1 N–H and O–H groups in total. The molecule has 2 amide bonds. The Balaban J connectivity index is 1.67. The van der Waals surface area contributed by atoms with Crippen LogP contribution in [0.25, 0.3) is 0 Å². The Morgan fingerprint density at radius 3 is 2.84 bits per heavy atom. The normalized spacial score (nSPS) is 13.3. The Hall–Kier alpha value is -3.35. The average Bonchev–Trinajstić information content (AvgIpc) is 2.99. The minimum Gasteiger partial charge on any atom is -0.497 e. The lowest BCUT2D eigenvalue weighted by atomic mass is 10.1. The van der Waals surface area contributed by atoms with Crippen LogP contribution in [0.4, 0.5) is 16.2 Å². The van der Waals surface area contributed by atoms with E-state index < -0.39 is 0 Å². The number of fused-ring (bicyclic) bond motifs is 1. The van der Waals surface area contributed by atoms with E-state index in [0.717, 1.165) is 54.3 Å². The van der Waals surface area contributed by atoms with Gasteiger partial charge in [-0.25, -0.2) is 4.79 Å². The van der Waals surface area contributed by atoms with Crippen LogP contribution in [0.5, 0.6) is 5.75 Å². The largest absolute Gasteiger partial charge is 0.497 e. The summed E-state index contributed by atoms with van der Waals surface area (Å²) < 4.78 is 7.47. The number of hydrogen-bond acceptors (Lipinski definition) is 4. The molecule has 7 heteroatoms. The second kappa shape index (κ2) is 9.20. The highest BCUT2D eigenvalue weighted by molar-refractivity contribution is 6.02. The molecule has 162 valence electrons. The predicted octanol–water partition coefficient (Wildman–Crippen LogP) is 4.87. The topological polar surface area (TPSA) is 72.3 Å². The summed E-state index contributed by atoms with van der Waals surface area (Å²) in [5.41, 5.74) is 3.67. The van der Waals surface area contributed by atoms with Gasteiger partial charge in [-0.1, -0.05) is 24.6 Å². The molecule has 1 aliphatic heterocycles. The predicted molar refractivity (Wildman–Crippen MR) is 122 cm³/mol. The number of nitrogens with zero attached hydrogens (tertiary/aromatic N) is 4. The monoisotopic (exact) mass is 419 g/mol. The van der Waals surface area contributed by atoms with Gasteiger partial charge in [-0.2, -0.15) is 0 Å². The number of carbonyl (C=O) groups excluding carboxylic acids is 1. The lowest BCUT2D eigenvalue weighted by molar-refractivity contribution is 0.256. The van der Waals surface area contributed by atoms with Crippen molar-refractivity contribution in [2.24, 2.45) is 0 Å². The lowest BCUT2D eigenvalue weighted by Gasteiger charge is -2.25. The number of aryl methyl sites for hydroxylation is 3. The number of amides is 2. The SMILES string of the molecule is COc1cccc(NC(=O)N(Cc2nnc3n2CCCCC3)c2cc(C)ccc2C)c1. The molecule has 0 fully saturated rings. The fourth-order valence-electron chi connectivity index (χ4n) is 3.97. The zero-order chi connectivity index (χ0) is 21.8. The maximum absolute atomic E-state index is 13.5. The molecule has 31 heavy (non-hydrogen) atoms. The maximum Gasteiger partial charge on any atom is 0.326 e. The van der Waals surface area contributed by atoms with Crippen LogP contribution in [0.2, 0.25) is 0 Å². The van der Waals surface area contributed by atoms with Gasteiger partial charge in [-0.05, 0) is 56.0 Å². The number of hydrogen-bond donors (Lipinski definition) is 1. The number of urea groups is 1. The number of carbonyl (C=O) groups is 1. The molecule has 0 spiro atoms. The van der Waals surface area contributed by atoms with Crippen LogP contribution in [0, 0.1) is 13.8 Å². The molecular weight excluding hydrogens is 390 g/mol. The van der Waals surface area contributed by atoms with Crippen LogP contribution >= 0.6 is 0 Å². The first-order valence-electron chi connectivity index (χ1n) is 10.8. The van der Waals surface area contributed by atoms with Crippen molar-refractivity contribution in [3.8, 4) is 5.75 Å². The third-order valence-electron chi connectivity index (χ3n) is 5.71. The Kier molecular flexibility index (Phi) is 6.21. The van der Waals surface area contributed by atoms with E-state index in [1.54, 1.807) is 12.0 Å². The lowest BCUT2D eigenvalue weighted by Crippen LogP contribution is -2.36. The molecule has 0 saturated heterocycles. The van der Waals surface area contributed by atoms with Crippen LogP contribution in [-0.2, 0) is 19.5 Å². The van der Waals surface area contributed by atoms with E-state index in [2.05, 4.69) is 26.1 Å². The molecule has 0 radical (unpaired) electrons. The first-order chi connectivity index (χ1) is 15.0. The molecule has 0 aliphatic carbocycles. The number of ether oxygens (including phenoxy) is 1. The van der Waals surface area contributed by atoms with Crippen molar-refractivity contribution >= 4 is 17.4 Å². The highest BCUT2D eigenvalue weighted by Crippen LogP contribution is 2.26. The summed E-state index contributed by atoms with van der Waals surface area (Å²) >= 11 is 0. The fraction of sp³-hybridized carbons (Fsp3) is 0.375. The summed E-state index contributed by atoms with van der Waals surface area (Å²) in [6, 6.07) is 13.3. The number of nitrogens with one attached hydrogen (secondary N) is 1. The number of aromatic nitrogens is 3. The Morgan fingerprint density at radius 1 is 1.13 bits per heavy atom. The first-order valence-corrected chi connectivity index (χ1v) is 10.8.